The Balaban J connectivity index is 1.63. The molecule has 1 aliphatic heterocycles. The zero-order valence-corrected chi connectivity index (χ0v) is 17.1. The summed E-state index contributed by atoms with van der Waals surface area (Å²) in [4.78, 5) is 34.8. The first kappa shape index (κ1) is 20.4. The molecule has 2 aromatic rings. The van der Waals surface area contributed by atoms with Crippen molar-refractivity contribution in [2.24, 2.45) is 0 Å². The number of hydrogen-bond donors (Lipinski definition) is 1. The molecule has 3 heterocycles. The number of carbonyl (C=O) groups is 2. The molecule has 0 unspecified atom stereocenters. The average Bonchev–Trinajstić information content (AvgIpc) is 3.36. The lowest BCUT2D eigenvalue weighted by atomic mass is 10.3. The topological polar surface area (TPSA) is 102 Å². The van der Waals surface area contributed by atoms with Gasteiger partial charge in [0.15, 0.2) is 10.8 Å². The number of anilines is 1. The Morgan fingerprint density at radius 2 is 2.04 bits per heavy atom. The summed E-state index contributed by atoms with van der Waals surface area (Å²) in [5.41, 5.74) is 0.780. The second kappa shape index (κ2) is 9.72. The van der Waals surface area contributed by atoms with Gasteiger partial charge in [0.1, 0.15) is 5.82 Å². The molecule has 1 fully saturated rings. The van der Waals surface area contributed by atoms with Crippen LogP contribution >= 0.6 is 11.8 Å². The first-order valence-electron chi connectivity index (χ1n) is 9.57. The minimum atomic E-state index is -0.355. The van der Waals surface area contributed by atoms with Gasteiger partial charge in [0.2, 0.25) is 5.91 Å². The molecular formula is C18H26N6O3S. The average molecular weight is 407 g/mol. The molecule has 152 valence electrons. The van der Waals surface area contributed by atoms with Gasteiger partial charge >= 0.3 is 5.97 Å². The fraction of sp³-hybridized carbons (Fsp3) is 0.611. The zero-order chi connectivity index (χ0) is 19.9. The second-order valence-corrected chi connectivity index (χ2v) is 7.26. The third kappa shape index (κ3) is 4.92. The van der Waals surface area contributed by atoms with Gasteiger partial charge in [-0.3, -0.25) is 9.59 Å². The molecule has 1 N–H and O–H groups in total. The Hall–Kier alpha value is -2.36. The van der Waals surface area contributed by atoms with Crippen molar-refractivity contribution in [2.45, 2.75) is 44.3 Å². The number of amides is 1. The highest BCUT2D eigenvalue weighted by Gasteiger charge is 2.20. The van der Waals surface area contributed by atoms with Crippen LogP contribution in [0.4, 0.5) is 5.82 Å². The van der Waals surface area contributed by atoms with Crippen LogP contribution in [0.1, 0.15) is 32.6 Å². The van der Waals surface area contributed by atoms with Crippen molar-refractivity contribution in [3.63, 3.8) is 0 Å². The molecule has 10 heteroatoms. The van der Waals surface area contributed by atoms with E-state index in [0.29, 0.717) is 19.7 Å². The molecule has 3 rings (SSSR count). The third-order valence-electron chi connectivity index (χ3n) is 4.55. The van der Waals surface area contributed by atoms with E-state index in [4.69, 9.17) is 9.72 Å². The van der Waals surface area contributed by atoms with Gasteiger partial charge < -0.3 is 15.0 Å². The molecule has 1 amide bonds. The number of aromatic nitrogens is 4. The number of fused-ring (bicyclic) bond motifs is 1. The van der Waals surface area contributed by atoms with E-state index in [0.717, 1.165) is 35.1 Å². The molecule has 0 aromatic carbocycles. The molecule has 9 nitrogen and oxygen atoms in total. The van der Waals surface area contributed by atoms with Crippen LogP contribution in [-0.4, -0.2) is 64.1 Å². The van der Waals surface area contributed by atoms with Crippen molar-refractivity contribution < 1.29 is 14.3 Å². The van der Waals surface area contributed by atoms with E-state index in [1.54, 1.807) is 17.8 Å². The van der Waals surface area contributed by atoms with E-state index in [2.05, 4.69) is 20.3 Å². The highest BCUT2D eigenvalue weighted by atomic mass is 32.2. The predicted molar refractivity (Wildman–Crippen MR) is 107 cm³/mol. The minimum Gasteiger partial charge on any atom is -0.466 e. The second-order valence-electron chi connectivity index (χ2n) is 6.49. The Morgan fingerprint density at radius 1 is 1.25 bits per heavy atom. The summed E-state index contributed by atoms with van der Waals surface area (Å²) in [5, 5.41) is 8.92. The number of nitrogens with one attached hydrogen (secondary N) is 1. The fourth-order valence-electron chi connectivity index (χ4n) is 3.18. The standard InChI is InChI=1S/C18H26N6O3S/c1-3-27-15(26)7-6-14(25)19-8-11-24-17-13(12-20-24)16(21-18(22-17)28-2)23-9-4-5-10-23/h12H,3-11H2,1-2H3,(H,19,25). The van der Waals surface area contributed by atoms with Crippen LogP contribution in [0.5, 0.6) is 0 Å². The van der Waals surface area contributed by atoms with Crippen molar-refractivity contribution in [1.29, 1.82) is 0 Å². The third-order valence-corrected chi connectivity index (χ3v) is 5.10. The lowest BCUT2D eigenvalue weighted by Gasteiger charge is -2.17. The lowest BCUT2D eigenvalue weighted by Crippen LogP contribution is -2.28. The van der Waals surface area contributed by atoms with Gasteiger partial charge in [0.05, 0.1) is 31.2 Å². The molecule has 0 saturated carbocycles. The van der Waals surface area contributed by atoms with Crippen molar-refractivity contribution in [1.82, 2.24) is 25.1 Å². The Kier molecular flexibility index (Phi) is 7.07. The SMILES string of the molecule is CCOC(=O)CCC(=O)NCCn1ncc2c(N3CCCC3)nc(SC)nc21. The molecule has 1 saturated heterocycles. The largest absolute Gasteiger partial charge is 0.466 e. The molecule has 0 aliphatic carbocycles. The number of esters is 1. The highest BCUT2D eigenvalue weighted by molar-refractivity contribution is 7.98. The van der Waals surface area contributed by atoms with Crippen molar-refractivity contribution >= 4 is 40.5 Å². The minimum absolute atomic E-state index is 0.0911. The van der Waals surface area contributed by atoms with E-state index in [-0.39, 0.29) is 24.7 Å². The molecule has 28 heavy (non-hydrogen) atoms. The van der Waals surface area contributed by atoms with Crippen molar-refractivity contribution in [3.05, 3.63) is 6.20 Å². The highest BCUT2D eigenvalue weighted by Crippen LogP contribution is 2.28. The first-order valence-corrected chi connectivity index (χ1v) is 10.8. The Morgan fingerprint density at radius 3 is 2.75 bits per heavy atom. The maximum Gasteiger partial charge on any atom is 0.306 e. The number of thioether (sulfide) groups is 1. The normalized spacial score (nSPS) is 13.9. The smallest absolute Gasteiger partial charge is 0.306 e. The summed E-state index contributed by atoms with van der Waals surface area (Å²) >= 11 is 1.51. The van der Waals surface area contributed by atoms with Crippen LogP contribution in [0.25, 0.3) is 11.0 Å². The molecule has 1 aliphatic rings. The van der Waals surface area contributed by atoms with Crippen LogP contribution in [0, 0.1) is 0 Å². The Labute approximate surface area is 168 Å². The summed E-state index contributed by atoms with van der Waals surface area (Å²) < 4.78 is 6.62. The van der Waals surface area contributed by atoms with Crippen LogP contribution in [0.2, 0.25) is 0 Å². The van der Waals surface area contributed by atoms with Gasteiger partial charge in [-0.05, 0) is 26.0 Å². The lowest BCUT2D eigenvalue weighted by molar-refractivity contribution is -0.144. The van der Waals surface area contributed by atoms with Crippen molar-refractivity contribution in [3.8, 4) is 0 Å². The summed E-state index contributed by atoms with van der Waals surface area (Å²) in [6, 6.07) is 0. The zero-order valence-electron chi connectivity index (χ0n) is 16.3. The van der Waals surface area contributed by atoms with Gasteiger partial charge in [0.25, 0.3) is 0 Å². The fourth-order valence-corrected chi connectivity index (χ4v) is 3.54. The summed E-state index contributed by atoms with van der Waals surface area (Å²) in [6.07, 6.45) is 6.32. The van der Waals surface area contributed by atoms with Crippen LogP contribution < -0.4 is 10.2 Å². The quantitative estimate of drug-likeness (QED) is 0.381. The van der Waals surface area contributed by atoms with Gasteiger partial charge in [-0.2, -0.15) is 5.10 Å². The molecule has 0 bridgehead atoms. The first-order chi connectivity index (χ1) is 13.6. The molecule has 0 spiro atoms. The molecular weight excluding hydrogens is 380 g/mol. The van der Waals surface area contributed by atoms with Crippen LogP contribution in [0.3, 0.4) is 0 Å². The molecule has 0 radical (unpaired) electrons. The van der Waals surface area contributed by atoms with E-state index in [1.807, 2.05) is 6.26 Å². The maximum atomic E-state index is 11.9. The summed E-state index contributed by atoms with van der Waals surface area (Å²) in [6.45, 7) is 4.98. The van der Waals surface area contributed by atoms with E-state index < -0.39 is 0 Å². The van der Waals surface area contributed by atoms with Crippen LogP contribution in [-0.2, 0) is 20.9 Å². The number of hydrogen-bond acceptors (Lipinski definition) is 8. The van der Waals surface area contributed by atoms with E-state index in [1.165, 1.54) is 24.6 Å². The van der Waals surface area contributed by atoms with Gasteiger partial charge in [-0.25, -0.2) is 14.6 Å². The predicted octanol–water partition coefficient (Wildman–Crippen LogP) is 1.61. The molecule has 2 aromatic heterocycles. The van der Waals surface area contributed by atoms with Gasteiger partial charge in [-0.1, -0.05) is 11.8 Å². The van der Waals surface area contributed by atoms with E-state index in [9.17, 15) is 9.59 Å². The Bertz CT molecular complexity index is 834. The summed E-state index contributed by atoms with van der Waals surface area (Å²) in [7, 11) is 0. The van der Waals surface area contributed by atoms with Crippen molar-refractivity contribution in [2.75, 3.05) is 37.4 Å². The van der Waals surface area contributed by atoms with E-state index >= 15 is 0 Å². The number of nitrogens with zero attached hydrogens (tertiary/aromatic N) is 5. The number of ether oxygens (including phenoxy) is 1. The van der Waals surface area contributed by atoms with Crippen LogP contribution in [0.15, 0.2) is 11.4 Å². The van der Waals surface area contributed by atoms with Gasteiger partial charge in [-0.15, -0.1) is 0 Å². The number of rotatable bonds is 9. The summed E-state index contributed by atoms with van der Waals surface area (Å²) in [5.74, 6) is 0.407. The molecule has 0 atom stereocenters. The van der Waals surface area contributed by atoms with Gasteiger partial charge in [0, 0.05) is 26.1 Å². The number of carbonyl (C=O) groups excluding carboxylic acids is 2. The maximum absolute atomic E-state index is 11.9. The monoisotopic (exact) mass is 406 g/mol.